The highest BCUT2D eigenvalue weighted by Crippen LogP contribution is 2.12. The third-order valence-corrected chi connectivity index (χ3v) is 2.17. The molecule has 0 aromatic heterocycles. The van der Waals surface area contributed by atoms with Gasteiger partial charge in [0.25, 0.3) is 5.91 Å². The zero-order valence-electron chi connectivity index (χ0n) is 10.1. The van der Waals surface area contributed by atoms with Crippen molar-refractivity contribution in [1.82, 2.24) is 4.90 Å². The number of amides is 2. The summed E-state index contributed by atoms with van der Waals surface area (Å²) in [7, 11) is 3.37. The number of carbonyl (C=O) groups excluding carboxylic acids is 2. The molecule has 1 aromatic carbocycles. The van der Waals surface area contributed by atoms with Gasteiger partial charge in [-0.3, -0.25) is 9.59 Å². The van der Waals surface area contributed by atoms with Crippen molar-refractivity contribution < 1.29 is 9.59 Å². The maximum absolute atomic E-state index is 11.7. The molecule has 0 aliphatic heterocycles. The smallest absolute Gasteiger partial charge is 0.253 e. The first kappa shape index (κ1) is 13.2. The van der Waals surface area contributed by atoms with Crippen molar-refractivity contribution in [3.8, 4) is 0 Å². The number of nitrogens with two attached hydrogens (primary N) is 1. The van der Waals surface area contributed by atoms with Gasteiger partial charge < -0.3 is 16.0 Å². The van der Waals surface area contributed by atoms with Crippen LogP contribution in [-0.4, -0.2) is 37.4 Å². The zero-order valence-corrected chi connectivity index (χ0v) is 10.1. The Morgan fingerprint density at radius 1 is 1.35 bits per heavy atom. The van der Waals surface area contributed by atoms with Crippen LogP contribution < -0.4 is 11.1 Å². The molecule has 92 valence electrons. The van der Waals surface area contributed by atoms with Crippen LogP contribution in [0.5, 0.6) is 0 Å². The predicted molar refractivity (Wildman–Crippen MR) is 66.8 cm³/mol. The molecule has 0 aliphatic rings. The number of benzene rings is 1. The van der Waals surface area contributed by atoms with E-state index in [9.17, 15) is 9.59 Å². The molecule has 2 amide bonds. The largest absolute Gasteiger partial charge is 0.345 e. The van der Waals surface area contributed by atoms with Crippen molar-refractivity contribution in [3.05, 3.63) is 29.8 Å². The van der Waals surface area contributed by atoms with Crippen LogP contribution in [0.25, 0.3) is 0 Å². The Balaban J connectivity index is 2.79. The highest BCUT2D eigenvalue weighted by Gasteiger charge is 2.09. The first-order valence-corrected chi connectivity index (χ1v) is 5.36. The number of rotatable bonds is 4. The van der Waals surface area contributed by atoms with Crippen molar-refractivity contribution in [2.45, 2.75) is 6.42 Å². The second-order valence-corrected chi connectivity index (χ2v) is 3.87. The van der Waals surface area contributed by atoms with E-state index in [4.69, 9.17) is 5.73 Å². The molecule has 5 heteroatoms. The normalized spacial score (nSPS) is 9.82. The molecule has 0 saturated heterocycles. The highest BCUT2D eigenvalue weighted by atomic mass is 16.2. The maximum Gasteiger partial charge on any atom is 0.253 e. The second-order valence-electron chi connectivity index (χ2n) is 3.87. The molecule has 0 radical (unpaired) electrons. The van der Waals surface area contributed by atoms with E-state index in [1.165, 1.54) is 4.90 Å². The Kier molecular flexibility index (Phi) is 4.66. The number of anilines is 1. The van der Waals surface area contributed by atoms with Gasteiger partial charge in [0.1, 0.15) is 0 Å². The van der Waals surface area contributed by atoms with E-state index in [1.807, 2.05) is 0 Å². The third kappa shape index (κ3) is 3.88. The summed E-state index contributed by atoms with van der Waals surface area (Å²) >= 11 is 0. The van der Waals surface area contributed by atoms with Gasteiger partial charge in [0, 0.05) is 38.3 Å². The van der Waals surface area contributed by atoms with Crippen LogP contribution in [-0.2, 0) is 4.79 Å². The maximum atomic E-state index is 11.7. The van der Waals surface area contributed by atoms with Gasteiger partial charge in [-0.25, -0.2) is 0 Å². The summed E-state index contributed by atoms with van der Waals surface area (Å²) in [4.78, 5) is 24.5. The van der Waals surface area contributed by atoms with E-state index < -0.39 is 0 Å². The quantitative estimate of drug-likeness (QED) is 0.805. The summed E-state index contributed by atoms with van der Waals surface area (Å²) in [5.74, 6) is -0.248. The van der Waals surface area contributed by atoms with Crippen molar-refractivity contribution in [2.75, 3.05) is 26.0 Å². The van der Waals surface area contributed by atoms with E-state index in [2.05, 4.69) is 5.32 Å². The Bertz CT molecular complexity index is 416. The van der Waals surface area contributed by atoms with E-state index in [0.29, 0.717) is 17.8 Å². The third-order valence-electron chi connectivity index (χ3n) is 2.17. The molecule has 0 spiro atoms. The number of nitrogens with zero attached hydrogens (tertiary/aromatic N) is 1. The van der Waals surface area contributed by atoms with E-state index >= 15 is 0 Å². The lowest BCUT2D eigenvalue weighted by atomic mass is 10.2. The Labute approximate surface area is 101 Å². The molecule has 0 bridgehead atoms. The van der Waals surface area contributed by atoms with Gasteiger partial charge in [-0.15, -0.1) is 0 Å². The van der Waals surface area contributed by atoms with Crippen LogP contribution in [0.15, 0.2) is 24.3 Å². The lowest BCUT2D eigenvalue weighted by Crippen LogP contribution is -2.22. The first-order valence-electron chi connectivity index (χ1n) is 5.36. The van der Waals surface area contributed by atoms with E-state index in [-0.39, 0.29) is 18.2 Å². The fraction of sp³-hybridized carbons (Fsp3) is 0.333. The number of carbonyl (C=O) groups is 2. The lowest BCUT2D eigenvalue weighted by molar-refractivity contribution is -0.116. The van der Waals surface area contributed by atoms with Gasteiger partial charge >= 0.3 is 0 Å². The Morgan fingerprint density at radius 2 is 2.06 bits per heavy atom. The molecular weight excluding hydrogens is 218 g/mol. The molecule has 5 nitrogen and oxygen atoms in total. The average molecular weight is 235 g/mol. The molecule has 0 aliphatic carbocycles. The minimum absolute atomic E-state index is 0.0973. The van der Waals surface area contributed by atoms with Crippen LogP contribution in [0.1, 0.15) is 16.8 Å². The standard InChI is InChI=1S/C12H17N3O2/c1-15(2)12(17)9-4-3-5-10(8-9)14-11(16)6-7-13/h3-5,8H,6-7,13H2,1-2H3,(H,14,16). The lowest BCUT2D eigenvalue weighted by Gasteiger charge is -2.11. The molecule has 1 rings (SSSR count). The highest BCUT2D eigenvalue weighted by molar-refractivity contribution is 5.96. The van der Waals surface area contributed by atoms with Gasteiger partial charge in [0.05, 0.1) is 0 Å². The SMILES string of the molecule is CN(C)C(=O)c1cccc(NC(=O)CCN)c1. The zero-order chi connectivity index (χ0) is 12.8. The molecule has 0 fully saturated rings. The Hall–Kier alpha value is -1.88. The van der Waals surface area contributed by atoms with Crippen molar-refractivity contribution >= 4 is 17.5 Å². The Morgan fingerprint density at radius 3 is 2.65 bits per heavy atom. The molecule has 0 heterocycles. The molecule has 1 aromatic rings. The number of nitrogens with one attached hydrogen (secondary N) is 1. The molecule has 0 saturated carbocycles. The topological polar surface area (TPSA) is 75.4 Å². The minimum atomic E-state index is -0.151. The van der Waals surface area contributed by atoms with E-state index in [1.54, 1.807) is 38.4 Å². The molecule has 0 atom stereocenters. The summed E-state index contributed by atoms with van der Waals surface area (Å²) in [6.45, 7) is 0.308. The summed E-state index contributed by atoms with van der Waals surface area (Å²) in [5, 5.41) is 2.69. The summed E-state index contributed by atoms with van der Waals surface area (Å²) in [5.41, 5.74) is 6.43. The molecule has 3 N–H and O–H groups in total. The number of hydrogen-bond donors (Lipinski definition) is 2. The van der Waals surface area contributed by atoms with Crippen LogP contribution >= 0.6 is 0 Å². The second kappa shape index (κ2) is 6.00. The monoisotopic (exact) mass is 235 g/mol. The number of hydrogen-bond acceptors (Lipinski definition) is 3. The molecule has 17 heavy (non-hydrogen) atoms. The van der Waals surface area contributed by atoms with Crippen LogP contribution in [0, 0.1) is 0 Å². The minimum Gasteiger partial charge on any atom is -0.345 e. The molecular formula is C12H17N3O2. The summed E-state index contributed by atoms with van der Waals surface area (Å²) in [6, 6.07) is 6.83. The van der Waals surface area contributed by atoms with Crippen molar-refractivity contribution in [2.24, 2.45) is 5.73 Å². The fourth-order valence-corrected chi connectivity index (χ4v) is 1.34. The predicted octanol–water partition coefficient (Wildman–Crippen LogP) is 0.676. The van der Waals surface area contributed by atoms with Crippen LogP contribution in [0.3, 0.4) is 0 Å². The van der Waals surface area contributed by atoms with Gasteiger partial charge in [-0.2, -0.15) is 0 Å². The van der Waals surface area contributed by atoms with Gasteiger partial charge in [0.15, 0.2) is 0 Å². The average Bonchev–Trinajstić information content (AvgIpc) is 2.28. The van der Waals surface area contributed by atoms with Gasteiger partial charge in [0.2, 0.25) is 5.91 Å². The van der Waals surface area contributed by atoms with Gasteiger partial charge in [-0.05, 0) is 18.2 Å². The summed E-state index contributed by atoms with van der Waals surface area (Å²) < 4.78 is 0. The molecule has 0 unspecified atom stereocenters. The fourth-order valence-electron chi connectivity index (χ4n) is 1.34. The van der Waals surface area contributed by atoms with Crippen LogP contribution in [0.2, 0.25) is 0 Å². The first-order chi connectivity index (χ1) is 8.04. The van der Waals surface area contributed by atoms with Crippen LogP contribution in [0.4, 0.5) is 5.69 Å². The van der Waals surface area contributed by atoms with Gasteiger partial charge in [-0.1, -0.05) is 6.07 Å². The van der Waals surface area contributed by atoms with E-state index in [0.717, 1.165) is 0 Å². The van der Waals surface area contributed by atoms with Crippen molar-refractivity contribution in [3.63, 3.8) is 0 Å². The summed E-state index contributed by atoms with van der Waals surface area (Å²) in [6.07, 6.45) is 0.270. The van der Waals surface area contributed by atoms with Crippen molar-refractivity contribution in [1.29, 1.82) is 0 Å².